The zero-order valence-electron chi connectivity index (χ0n) is 14.9. The lowest BCUT2D eigenvalue weighted by Gasteiger charge is -2.13. The van der Waals surface area contributed by atoms with Crippen molar-refractivity contribution in [3.8, 4) is 17.6 Å². The van der Waals surface area contributed by atoms with Gasteiger partial charge < -0.3 is 9.84 Å². The van der Waals surface area contributed by atoms with E-state index in [0.717, 1.165) is 0 Å². The minimum absolute atomic E-state index is 0.0642. The van der Waals surface area contributed by atoms with Crippen molar-refractivity contribution in [1.82, 2.24) is 5.43 Å². The van der Waals surface area contributed by atoms with Gasteiger partial charge in [-0.25, -0.2) is 9.82 Å². The minimum Gasteiger partial charge on any atom is -0.507 e. The van der Waals surface area contributed by atoms with Crippen LogP contribution in [0.15, 0.2) is 41.5 Å². The summed E-state index contributed by atoms with van der Waals surface area (Å²) in [5.74, 6) is -0.641. The van der Waals surface area contributed by atoms with Gasteiger partial charge in [-0.1, -0.05) is 6.92 Å². The maximum Gasteiger partial charge on any atom is 0.280 e. The normalized spacial score (nSPS) is 17.9. The van der Waals surface area contributed by atoms with Crippen molar-refractivity contribution in [2.24, 2.45) is 5.10 Å². The zero-order valence-corrected chi connectivity index (χ0v) is 14.9. The number of nitrogens with zero attached hydrogens (tertiary/aromatic N) is 2. The van der Waals surface area contributed by atoms with Crippen LogP contribution in [0.1, 0.15) is 42.9 Å². The number of hydrazone groups is 1. The SMILES string of the molecule is C[C@H](Oc1ccc(C#N)cc1)C(=O)N/N=C1\C[C@H](C)c2c(F)ccc(O)c21. The first kappa shape index (κ1) is 18.4. The second-order valence-corrected chi connectivity index (χ2v) is 6.39. The van der Waals surface area contributed by atoms with E-state index < -0.39 is 17.8 Å². The summed E-state index contributed by atoms with van der Waals surface area (Å²) in [4.78, 5) is 12.2. The summed E-state index contributed by atoms with van der Waals surface area (Å²) in [7, 11) is 0. The largest absolute Gasteiger partial charge is 0.507 e. The highest BCUT2D eigenvalue weighted by Gasteiger charge is 2.31. The number of hydrogen-bond donors (Lipinski definition) is 2. The van der Waals surface area contributed by atoms with E-state index in [1.54, 1.807) is 31.2 Å². The van der Waals surface area contributed by atoms with E-state index in [-0.39, 0.29) is 11.7 Å². The third kappa shape index (κ3) is 3.75. The molecule has 0 radical (unpaired) electrons. The number of nitriles is 1. The number of hydrogen-bond acceptors (Lipinski definition) is 5. The highest BCUT2D eigenvalue weighted by atomic mass is 19.1. The zero-order chi connectivity index (χ0) is 19.6. The van der Waals surface area contributed by atoms with Crippen molar-refractivity contribution in [3.63, 3.8) is 0 Å². The van der Waals surface area contributed by atoms with Gasteiger partial charge in [0, 0.05) is 11.1 Å². The number of rotatable bonds is 4. The van der Waals surface area contributed by atoms with Crippen molar-refractivity contribution >= 4 is 11.6 Å². The molecular formula is C20H18FN3O3. The van der Waals surface area contributed by atoms with E-state index in [4.69, 9.17) is 10.00 Å². The molecule has 1 aliphatic carbocycles. The van der Waals surface area contributed by atoms with E-state index in [2.05, 4.69) is 10.5 Å². The molecular weight excluding hydrogens is 349 g/mol. The molecule has 2 N–H and O–H groups in total. The number of phenolic OH excluding ortho intramolecular Hbond substituents is 1. The van der Waals surface area contributed by atoms with Crippen molar-refractivity contribution in [3.05, 3.63) is 58.9 Å². The van der Waals surface area contributed by atoms with Crippen LogP contribution in [-0.4, -0.2) is 22.8 Å². The van der Waals surface area contributed by atoms with Crippen molar-refractivity contribution < 1.29 is 19.0 Å². The number of nitrogens with one attached hydrogen (secondary N) is 1. The predicted molar refractivity (Wildman–Crippen MR) is 97.0 cm³/mol. The molecule has 0 aliphatic heterocycles. The Morgan fingerprint density at radius 3 is 2.74 bits per heavy atom. The maximum atomic E-state index is 14.0. The fourth-order valence-corrected chi connectivity index (χ4v) is 3.04. The second-order valence-electron chi connectivity index (χ2n) is 6.39. The lowest BCUT2D eigenvalue weighted by atomic mass is 10.0. The van der Waals surface area contributed by atoms with Crippen LogP contribution in [0, 0.1) is 17.1 Å². The Morgan fingerprint density at radius 1 is 1.37 bits per heavy atom. The number of fused-ring (bicyclic) bond motifs is 1. The maximum absolute atomic E-state index is 14.0. The number of aromatic hydroxyl groups is 1. The number of carbonyl (C=O) groups is 1. The van der Waals surface area contributed by atoms with Gasteiger partial charge in [0.05, 0.1) is 17.3 Å². The predicted octanol–water partition coefficient (Wildman–Crippen LogP) is 3.20. The molecule has 1 aliphatic rings. The summed E-state index contributed by atoms with van der Waals surface area (Å²) in [6.07, 6.45) is -0.420. The highest BCUT2D eigenvalue weighted by Crippen LogP contribution is 2.39. The van der Waals surface area contributed by atoms with Crippen molar-refractivity contribution in [2.75, 3.05) is 0 Å². The van der Waals surface area contributed by atoms with E-state index in [9.17, 15) is 14.3 Å². The molecule has 6 nitrogen and oxygen atoms in total. The summed E-state index contributed by atoms with van der Waals surface area (Å²) in [5, 5.41) is 22.9. The molecule has 0 saturated carbocycles. The Hall–Kier alpha value is -3.40. The molecule has 0 fully saturated rings. The fourth-order valence-electron chi connectivity index (χ4n) is 3.04. The average Bonchev–Trinajstić information content (AvgIpc) is 3.01. The second kappa shape index (κ2) is 7.46. The molecule has 27 heavy (non-hydrogen) atoms. The van der Waals surface area contributed by atoms with E-state index >= 15 is 0 Å². The van der Waals surface area contributed by atoms with Gasteiger partial charge in [0.25, 0.3) is 5.91 Å². The lowest BCUT2D eigenvalue weighted by molar-refractivity contribution is -0.127. The Morgan fingerprint density at radius 2 is 2.07 bits per heavy atom. The van der Waals surface area contributed by atoms with Crippen molar-refractivity contribution in [2.45, 2.75) is 32.3 Å². The van der Waals surface area contributed by atoms with E-state index in [1.807, 2.05) is 13.0 Å². The van der Waals surface area contributed by atoms with Gasteiger partial charge in [0.15, 0.2) is 6.10 Å². The minimum atomic E-state index is -0.832. The summed E-state index contributed by atoms with van der Waals surface area (Å²) >= 11 is 0. The fraction of sp³-hybridized carbons (Fsp3) is 0.250. The topological polar surface area (TPSA) is 94.7 Å². The smallest absolute Gasteiger partial charge is 0.280 e. The number of carbonyl (C=O) groups excluding carboxylic acids is 1. The third-order valence-corrected chi connectivity index (χ3v) is 4.42. The standard InChI is InChI=1S/C20H18FN3O3/c1-11-9-16(19-17(25)8-7-15(21)18(11)19)23-24-20(26)12(2)27-14-5-3-13(10-22)4-6-14/h3-8,11-12,25H,9H2,1-2H3,(H,24,26)/b23-16+/t11-,12-/m0/s1. The van der Waals surface area contributed by atoms with Crippen LogP contribution in [-0.2, 0) is 4.79 Å². The van der Waals surface area contributed by atoms with E-state index in [0.29, 0.717) is 34.6 Å². The van der Waals surface area contributed by atoms with Gasteiger partial charge in [0.2, 0.25) is 0 Å². The molecule has 0 bridgehead atoms. The van der Waals surface area contributed by atoms with Gasteiger partial charge in [-0.2, -0.15) is 10.4 Å². The van der Waals surface area contributed by atoms with Gasteiger partial charge in [-0.05, 0) is 55.7 Å². The quantitative estimate of drug-likeness (QED) is 0.812. The Kier molecular flexibility index (Phi) is 5.08. The molecule has 0 unspecified atom stereocenters. The first-order valence-corrected chi connectivity index (χ1v) is 8.45. The van der Waals surface area contributed by atoms with Crippen LogP contribution in [0.5, 0.6) is 11.5 Å². The summed E-state index contributed by atoms with van der Waals surface area (Å²) in [5.41, 5.74) is 4.07. The molecule has 2 aromatic rings. The Bertz CT molecular complexity index is 948. The molecule has 7 heteroatoms. The molecule has 3 rings (SSSR count). The Balaban J connectivity index is 1.70. The monoisotopic (exact) mass is 367 g/mol. The van der Waals surface area contributed by atoms with Gasteiger partial charge in [-0.15, -0.1) is 0 Å². The summed E-state index contributed by atoms with van der Waals surface area (Å²) < 4.78 is 19.5. The van der Waals surface area contributed by atoms with E-state index in [1.165, 1.54) is 12.1 Å². The van der Waals surface area contributed by atoms with Crippen LogP contribution in [0.25, 0.3) is 0 Å². The van der Waals surface area contributed by atoms with Crippen LogP contribution < -0.4 is 10.2 Å². The van der Waals surface area contributed by atoms with Gasteiger partial charge in [0.1, 0.15) is 17.3 Å². The summed E-state index contributed by atoms with van der Waals surface area (Å²) in [6, 6.07) is 10.9. The molecule has 0 spiro atoms. The average molecular weight is 367 g/mol. The Labute approximate surface area is 155 Å². The number of halogens is 1. The first-order valence-electron chi connectivity index (χ1n) is 8.45. The molecule has 0 saturated heterocycles. The molecule has 138 valence electrons. The third-order valence-electron chi connectivity index (χ3n) is 4.42. The molecule has 2 atom stereocenters. The highest BCUT2D eigenvalue weighted by molar-refractivity contribution is 6.07. The van der Waals surface area contributed by atoms with Gasteiger partial charge >= 0.3 is 0 Å². The lowest BCUT2D eigenvalue weighted by Crippen LogP contribution is -2.34. The van der Waals surface area contributed by atoms with Gasteiger partial charge in [-0.3, -0.25) is 4.79 Å². The number of amides is 1. The van der Waals surface area contributed by atoms with Crippen LogP contribution in [0.4, 0.5) is 4.39 Å². The van der Waals surface area contributed by atoms with Crippen LogP contribution in [0.2, 0.25) is 0 Å². The molecule has 0 aromatic heterocycles. The van der Waals surface area contributed by atoms with Crippen LogP contribution >= 0.6 is 0 Å². The number of benzene rings is 2. The molecule has 0 heterocycles. The number of phenols is 1. The summed E-state index contributed by atoms with van der Waals surface area (Å²) in [6.45, 7) is 3.40. The first-order chi connectivity index (χ1) is 12.9. The molecule has 2 aromatic carbocycles. The molecule has 1 amide bonds. The number of ether oxygens (including phenoxy) is 1. The van der Waals surface area contributed by atoms with Crippen molar-refractivity contribution in [1.29, 1.82) is 5.26 Å². The van der Waals surface area contributed by atoms with Crippen LogP contribution in [0.3, 0.4) is 0 Å².